The summed E-state index contributed by atoms with van der Waals surface area (Å²) in [6, 6.07) is 9.13. The van der Waals surface area contributed by atoms with E-state index in [-0.39, 0.29) is 6.42 Å². The molecule has 2 aromatic carbocycles. The zero-order valence-electron chi connectivity index (χ0n) is 14.1. The van der Waals surface area contributed by atoms with E-state index in [4.69, 9.17) is 16.3 Å². The third kappa shape index (κ3) is 5.98. The number of anilines is 1. The first-order valence-electron chi connectivity index (χ1n) is 7.54. The Morgan fingerprint density at radius 2 is 1.88 bits per heavy atom. The molecule has 1 amide bonds. The summed E-state index contributed by atoms with van der Waals surface area (Å²) in [6.45, 7) is 0. The van der Waals surface area contributed by atoms with Gasteiger partial charge in [-0.3, -0.25) is 4.79 Å². The molecule has 0 radical (unpaired) electrons. The Bertz CT molecular complexity index is 888. The summed E-state index contributed by atoms with van der Waals surface area (Å²) in [7, 11) is -2.14. The Hall–Kier alpha value is -2.16. The molecule has 0 unspecified atom stereocenters. The molecule has 0 aromatic heterocycles. The van der Waals surface area contributed by atoms with Crippen LogP contribution in [0, 0.1) is 5.82 Å². The van der Waals surface area contributed by atoms with E-state index in [1.54, 1.807) is 12.1 Å². The summed E-state index contributed by atoms with van der Waals surface area (Å²) in [6.07, 6.45) is 0.787. The lowest BCUT2D eigenvalue weighted by molar-refractivity contribution is -0.116. The molecule has 2 N–H and O–H groups in total. The summed E-state index contributed by atoms with van der Waals surface area (Å²) in [5.74, 6) is -0.506. The van der Waals surface area contributed by atoms with Crippen molar-refractivity contribution in [2.75, 3.05) is 18.7 Å². The van der Waals surface area contributed by atoms with Crippen molar-refractivity contribution in [2.24, 2.45) is 0 Å². The molecule has 0 aliphatic heterocycles. The molecule has 0 fully saturated rings. The molecule has 0 heterocycles. The average molecular weight is 401 g/mol. The van der Waals surface area contributed by atoms with Gasteiger partial charge < -0.3 is 10.1 Å². The van der Waals surface area contributed by atoms with Crippen LogP contribution in [0.5, 0.6) is 5.75 Å². The SMILES string of the molecule is COc1ccc(Cl)cc1NC(=O)C[C@H](NS(C)(=O)=O)c1ccc(F)cc1. The Kier molecular flexibility index (Phi) is 6.57. The number of ether oxygens (including phenoxy) is 1. The molecular formula is C17H18ClFN2O4S. The minimum atomic E-state index is -3.59. The van der Waals surface area contributed by atoms with Gasteiger partial charge >= 0.3 is 0 Å². The van der Waals surface area contributed by atoms with Crippen LogP contribution in [0.15, 0.2) is 42.5 Å². The second-order valence-corrected chi connectivity index (χ2v) is 7.81. The molecule has 6 nitrogen and oxygen atoms in total. The minimum absolute atomic E-state index is 0.200. The van der Waals surface area contributed by atoms with Crippen molar-refractivity contribution in [2.45, 2.75) is 12.5 Å². The number of amides is 1. The smallest absolute Gasteiger partial charge is 0.226 e. The van der Waals surface area contributed by atoms with Gasteiger partial charge in [-0.25, -0.2) is 17.5 Å². The van der Waals surface area contributed by atoms with E-state index >= 15 is 0 Å². The van der Waals surface area contributed by atoms with Gasteiger partial charge in [0.1, 0.15) is 11.6 Å². The Labute approximate surface area is 156 Å². The van der Waals surface area contributed by atoms with Gasteiger partial charge in [0.2, 0.25) is 15.9 Å². The molecule has 0 spiro atoms. The monoisotopic (exact) mass is 400 g/mol. The molecule has 2 aromatic rings. The predicted octanol–water partition coefficient (Wildman–Crippen LogP) is 3.11. The number of benzene rings is 2. The largest absolute Gasteiger partial charge is 0.495 e. The van der Waals surface area contributed by atoms with Gasteiger partial charge in [-0.15, -0.1) is 0 Å². The highest BCUT2D eigenvalue weighted by molar-refractivity contribution is 7.88. The number of halogens is 2. The number of hydrogen-bond acceptors (Lipinski definition) is 4. The molecule has 0 aliphatic rings. The van der Waals surface area contributed by atoms with Gasteiger partial charge in [0.05, 0.1) is 25.1 Å². The summed E-state index contributed by atoms with van der Waals surface area (Å²) in [4.78, 5) is 12.4. The molecule has 9 heteroatoms. The molecule has 2 rings (SSSR count). The number of hydrogen-bond donors (Lipinski definition) is 2. The first-order valence-corrected chi connectivity index (χ1v) is 9.81. The van der Waals surface area contributed by atoms with Crippen LogP contribution in [-0.4, -0.2) is 27.7 Å². The highest BCUT2D eigenvalue weighted by Crippen LogP contribution is 2.28. The summed E-state index contributed by atoms with van der Waals surface area (Å²) >= 11 is 5.93. The van der Waals surface area contributed by atoms with E-state index in [2.05, 4.69) is 10.0 Å². The van der Waals surface area contributed by atoms with Crippen LogP contribution in [0.1, 0.15) is 18.0 Å². The van der Waals surface area contributed by atoms with E-state index in [0.29, 0.717) is 22.0 Å². The standard InChI is InChI=1S/C17H18ClFN2O4S/c1-25-16-8-5-12(18)9-15(16)20-17(22)10-14(21-26(2,23)24)11-3-6-13(19)7-4-11/h3-9,14,21H,10H2,1-2H3,(H,20,22)/t14-/m0/s1. The van der Waals surface area contributed by atoms with Gasteiger partial charge in [0.25, 0.3) is 0 Å². The molecule has 26 heavy (non-hydrogen) atoms. The van der Waals surface area contributed by atoms with Gasteiger partial charge in [-0.1, -0.05) is 23.7 Å². The van der Waals surface area contributed by atoms with Crippen molar-refractivity contribution in [1.82, 2.24) is 4.72 Å². The van der Waals surface area contributed by atoms with Crippen molar-refractivity contribution < 1.29 is 22.3 Å². The molecule has 0 bridgehead atoms. The van der Waals surface area contributed by atoms with Crippen molar-refractivity contribution in [3.05, 3.63) is 58.9 Å². The maximum absolute atomic E-state index is 13.1. The minimum Gasteiger partial charge on any atom is -0.495 e. The van der Waals surface area contributed by atoms with Crippen LogP contribution in [0.2, 0.25) is 5.02 Å². The molecule has 140 valence electrons. The van der Waals surface area contributed by atoms with Crippen LogP contribution in [0.3, 0.4) is 0 Å². The summed E-state index contributed by atoms with van der Waals surface area (Å²) < 4.78 is 43.9. The van der Waals surface area contributed by atoms with Crippen LogP contribution in [0.25, 0.3) is 0 Å². The van der Waals surface area contributed by atoms with Crippen LogP contribution in [0.4, 0.5) is 10.1 Å². The maximum Gasteiger partial charge on any atom is 0.226 e. The van der Waals surface area contributed by atoms with E-state index in [1.165, 1.54) is 37.4 Å². The van der Waals surface area contributed by atoms with Gasteiger partial charge in [-0.2, -0.15) is 0 Å². The van der Waals surface area contributed by atoms with Crippen LogP contribution in [-0.2, 0) is 14.8 Å². The fourth-order valence-corrected chi connectivity index (χ4v) is 3.25. The second kappa shape index (κ2) is 8.48. The molecule has 0 saturated carbocycles. The lowest BCUT2D eigenvalue weighted by Gasteiger charge is -2.18. The van der Waals surface area contributed by atoms with E-state index in [0.717, 1.165) is 6.26 Å². The number of carbonyl (C=O) groups excluding carboxylic acids is 1. The quantitative estimate of drug-likeness (QED) is 0.747. The van der Waals surface area contributed by atoms with E-state index < -0.39 is 27.8 Å². The average Bonchev–Trinajstić information content (AvgIpc) is 2.54. The first-order chi connectivity index (χ1) is 12.2. The van der Waals surface area contributed by atoms with Gasteiger partial charge in [0, 0.05) is 11.4 Å². The Balaban J connectivity index is 2.21. The summed E-state index contributed by atoms with van der Waals surface area (Å²) in [5.41, 5.74) is 0.826. The number of methoxy groups -OCH3 is 1. The third-order valence-corrected chi connectivity index (χ3v) is 4.40. The van der Waals surface area contributed by atoms with Crippen LogP contribution >= 0.6 is 11.6 Å². The highest BCUT2D eigenvalue weighted by Gasteiger charge is 2.20. The van der Waals surface area contributed by atoms with E-state index in [9.17, 15) is 17.6 Å². The third-order valence-electron chi connectivity index (χ3n) is 3.45. The maximum atomic E-state index is 13.1. The van der Waals surface area contributed by atoms with Gasteiger partial charge in [-0.05, 0) is 35.9 Å². The molecule has 0 aliphatic carbocycles. The fraction of sp³-hybridized carbons (Fsp3) is 0.235. The van der Waals surface area contributed by atoms with Crippen molar-refractivity contribution >= 4 is 33.2 Å². The Morgan fingerprint density at radius 1 is 1.23 bits per heavy atom. The van der Waals surface area contributed by atoms with E-state index in [1.807, 2.05) is 0 Å². The van der Waals surface area contributed by atoms with Crippen molar-refractivity contribution in [1.29, 1.82) is 0 Å². The predicted molar refractivity (Wildman–Crippen MR) is 98.4 cm³/mol. The zero-order chi connectivity index (χ0) is 19.3. The lowest BCUT2D eigenvalue weighted by Crippen LogP contribution is -2.30. The topological polar surface area (TPSA) is 84.5 Å². The number of nitrogens with one attached hydrogen (secondary N) is 2. The number of rotatable bonds is 7. The van der Waals surface area contributed by atoms with Crippen molar-refractivity contribution in [3.63, 3.8) is 0 Å². The fourth-order valence-electron chi connectivity index (χ4n) is 2.35. The lowest BCUT2D eigenvalue weighted by atomic mass is 10.0. The molecular weight excluding hydrogens is 383 g/mol. The Morgan fingerprint density at radius 3 is 2.46 bits per heavy atom. The number of sulfonamides is 1. The second-order valence-electron chi connectivity index (χ2n) is 5.59. The normalized spacial score (nSPS) is 12.5. The van der Waals surface area contributed by atoms with Crippen LogP contribution < -0.4 is 14.8 Å². The molecule has 0 saturated heterocycles. The highest BCUT2D eigenvalue weighted by atomic mass is 35.5. The van der Waals surface area contributed by atoms with Crippen molar-refractivity contribution in [3.8, 4) is 5.75 Å². The first kappa shape index (κ1) is 20.2. The zero-order valence-corrected chi connectivity index (χ0v) is 15.7. The summed E-state index contributed by atoms with van der Waals surface area (Å²) in [5, 5.41) is 3.05. The number of carbonyl (C=O) groups is 1. The molecule has 1 atom stereocenters. The van der Waals surface area contributed by atoms with Gasteiger partial charge in [0.15, 0.2) is 0 Å².